The highest BCUT2D eigenvalue weighted by atomic mass is 16.5. The van der Waals surface area contributed by atoms with Crippen LogP contribution in [0.1, 0.15) is 40.8 Å². The van der Waals surface area contributed by atoms with Crippen LogP contribution < -0.4 is 0 Å². The Morgan fingerprint density at radius 2 is 1.81 bits per heavy atom. The van der Waals surface area contributed by atoms with Crippen molar-refractivity contribution in [2.45, 2.75) is 25.3 Å². The Bertz CT molecular complexity index is 966. The molecule has 0 unspecified atom stereocenters. The van der Waals surface area contributed by atoms with Crippen molar-refractivity contribution >= 4 is 16.7 Å². The molecule has 0 atom stereocenters. The monoisotopic (exact) mass is 362 g/mol. The number of fused-ring (bicyclic) bond motifs is 1. The van der Waals surface area contributed by atoms with E-state index >= 15 is 0 Å². The van der Waals surface area contributed by atoms with Gasteiger partial charge in [-0.1, -0.05) is 41.6 Å². The maximum Gasteiger partial charge on any atom is 0.254 e. The molecule has 0 N–H and O–H groups in total. The van der Waals surface area contributed by atoms with Crippen molar-refractivity contribution in [3.63, 3.8) is 0 Å². The fourth-order valence-electron chi connectivity index (χ4n) is 3.72. The van der Waals surface area contributed by atoms with Gasteiger partial charge in [0.25, 0.3) is 5.91 Å². The first-order valence-electron chi connectivity index (χ1n) is 9.60. The lowest BCUT2D eigenvalue weighted by molar-refractivity contribution is 0.0626. The van der Waals surface area contributed by atoms with Gasteiger partial charge >= 0.3 is 0 Å². The third-order valence-corrected chi connectivity index (χ3v) is 5.45. The lowest BCUT2D eigenvalue weighted by Gasteiger charge is -2.34. The van der Waals surface area contributed by atoms with Gasteiger partial charge in [0.15, 0.2) is 5.82 Å². The fraction of sp³-hybridized carbons (Fsp3) is 0.381. The topological polar surface area (TPSA) is 62.5 Å². The van der Waals surface area contributed by atoms with E-state index in [1.54, 1.807) is 0 Å². The molecule has 6 heteroatoms. The summed E-state index contributed by atoms with van der Waals surface area (Å²) in [5, 5.41) is 6.22. The second-order valence-electron chi connectivity index (χ2n) is 7.42. The lowest BCUT2D eigenvalue weighted by Crippen LogP contribution is -2.48. The minimum atomic E-state index is 0.113. The Morgan fingerprint density at radius 3 is 2.63 bits per heavy atom. The average Bonchev–Trinajstić information content (AvgIpc) is 3.47. The van der Waals surface area contributed by atoms with Crippen LogP contribution in [-0.4, -0.2) is 52.0 Å². The number of benzene rings is 2. The zero-order chi connectivity index (χ0) is 18.2. The van der Waals surface area contributed by atoms with Crippen LogP contribution in [0, 0.1) is 0 Å². The number of carbonyl (C=O) groups is 1. The summed E-state index contributed by atoms with van der Waals surface area (Å²) in [6.07, 6.45) is 2.33. The summed E-state index contributed by atoms with van der Waals surface area (Å²) in [6, 6.07) is 14.0. The molecule has 2 heterocycles. The number of rotatable bonds is 4. The highest BCUT2D eigenvalue weighted by Gasteiger charge is 2.30. The molecule has 3 aromatic rings. The predicted octanol–water partition coefficient (Wildman–Crippen LogP) is 3.06. The maximum atomic E-state index is 13.0. The minimum Gasteiger partial charge on any atom is -0.339 e. The SMILES string of the molecule is O=C(c1cccc2ccccc12)N1CCN(Cc2noc(C3CC3)n2)CC1. The van der Waals surface area contributed by atoms with Crippen LogP contribution in [0.2, 0.25) is 0 Å². The Labute approximate surface area is 157 Å². The summed E-state index contributed by atoms with van der Waals surface area (Å²) in [4.78, 5) is 21.8. The second kappa shape index (κ2) is 6.78. The Hall–Kier alpha value is -2.73. The largest absolute Gasteiger partial charge is 0.339 e. The predicted molar refractivity (Wildman–Crippen MR) is 101 cm³/mol. The normalized spacial score (nSPS) is 18.1. The van der Waals surface area contributed by atoms with E-state index in [0.717, 1.165) is 67.1 Å². The molecule has 1 amide bonds. The maximum absolute atomic E-state index is 13.0. The van der Waals surface area contributed by atoms with Gasteiger partial charge in [-0.3, -0.25) is 9.69 Å². The Balaban J connectivity index is 1.23. The van der Waals surface area contributed by atoms with E-state index < -0.39 is 0 Å². The van der Waals surface area contributed by atoms with E-state index in [1.807, 2.05) is 47.4 Å². The van der Waals surface area contributed by atoms with Gasteiger partial charge in [0.1, 0.15) is 0 Å². The number of hydrogen-bond donors (Lipinski definition) is 0. The molecule has 138 valence electrons. The molecular weight excluding hydrogens is 340 g/mol. The zero-order valence-corrected chi connectivity index (χ0v) is 15.2. The van der Waals surface area contributed by atoms with E-state index in [1.165, 1.54) is 0 Å². The molecule has 2 fully saturated rings. The van der Waals surface area contributed by atoms with Crippen LogP contribution in [-0.2, 0) is 6.54 Å². The summed E-state index contributed by atoms with van der Waals surface area (Å²) in [5.41, 5.74) is 0.786. The van der Waals surface area contributed by atoms with Crippen molar-refractivity contribution < 1.29 is 9.32 Å². The summed E-state index contributed by atoms with van der Waals surface area (Å²) in [5.74, 6) is 2.14. The summed E-state index contributed by atoms with van der Waals surface area (Å²) < 4.78 is 5.34. The highest BCUT2D eigenvalue weighted by Crippen LogP contribution is 2.38. The van der Waals surface area contributed by atoms with Crippen molar-refractivity contribution in [3.8, 4) is 0 Å². The minimum absolute atomic E-state index is 0.113. The third-order valence-electron chi connectivity index (χ3n) is 5.45. The molecule has 2 aromatic carbocycles. The van der Waals surface area contributed by atoms with E-state index in [9.17, 15) is 4.79 Å². The second-order valence-corrected chi connectivity index (χ2v) is 7.42. The number of aromatic nitrogens is 2. The molecule has 1 saturated carbocycles. The van der Waals surface area contributed by atoms with Crippen LogP contribution in [0.25, 0.3) is 10.8 Å². The summed E-state index contributed by atoms with van der Waals surface area (Å²) in [6.45, 7) is 3.77. The first kappa shape index (κ1) is 16.4. The van der Waals surface area contributed by atoms with Crippen molar-refractivity contribution in [3.05, 3.63) is 59.7 Å². The molecule has 0 bridgehead atoms. The molecule has 0 radical (unpaired) electrons. The van der Waals surface area contributed by atoms with Crippen LogP contribution in [0.3, 0.4) is 0 Å². The molecule has 1 saturated heterocycles. The highest BCUT2D eigenvalue weighted by molar-refractivity contribution is 6.07. The number of amides is 1. The van der Waals surface area contributed by atoms with Gasteiger partial charge in [0.2, 0.25) is 5.89 Å². The van der Waals surface area contributed by atoms with Crippen LogP contribution >= 0.6 is 0 Å². The molecule has 2 aliphatic rings. The van der Waals surface area contributed by atoms with Gasteiger partial charge in [-0.25, -0.2) is 0 Å². The molecule has 1 aromatic heterocycles. The number of piperazine rings is 1. The van der Waals surface area contributed by atoms with E-state index in [4.69, 9.17) is 4.52 Å². The first-order valence-corrected chi connectivity index (χ1v) is 9.60. The molecule has 5 rings (SSSR count). The average molecular weight is 362 g/mol. The van der Waals surface area contributed by atoms with Crippen LogP contribution in [0.15, 0.2) is 47.0 Å². The molecular formula is C21H22N4O2. The first-order chi connectivity index (χ1) is 13.3. The van der Waals surface area contributed by atoms with Gasteiger partial charge in [-0.05, 0) is 29.7 Å². The number of nitrogens with zero attached hydrogens (tertiary/aromatic N) is 4. The van der Waals surface area contributed by atoms with Gasteiger partial charge in [-0.15, -0.1) is 0 Å². The molecule has 0 spiro atoms. The smallest absolute Gasteiger partial charge is 0.254 e. The standard InChI is InChI=1S/C21H22N4O2/c26-21(18-7-3-5-15-4-1-2-6-17(15)18)25-12-10-24(11-13-25)14-19-22-20(27-23-19)16-8-9-16/h1-7,16H,8-14H2. The zero-order valence-electron chi connectivity index (χ0n) is 15.2. The van der Waals surface area contributed by atoms with Crippen molar-refractivity contribution in [1.82, 2.24) is 19.9 Å². The van der Waals surface area contributed by atoms with Crippen LogP contribution in [0.5, 0.6) is 0 Å². The molecule has 1 aliphatic carbocycles. The molecule has 1 aliphatic heterocycles. The molecule has 6 nitrogen and oxygen atoms in total. The summed E-state index contributed by atoms with van der Waals surface area (Å²) in [7, 11) is 0. The van der Waals surface area contributed by atoms with Crippen molar-refractivity contribution in [2.75, 3.05) is 26.2 Å². The molecule has 27 heavy (non-hydrogen) atoms. The lowest BCUT2D eigenvalue weighted by atomic mass is 10.0. The van der Waals surface area contributed by atoms with Gasteiger partial charge < -0.3 is 9.42 Å². The van der Waals surface area contributed by atoms with E-state index in [2.05, 4.69) is 15.0 Å². The summed E-state index contributed by atoms with van der Waals surface area (Å²) >= 11 is 0. The van der Waals surface area contributed by atoms with Gasteiger partial charge in [0.05, 0.1) is 6.54 Å². The Kier molecular flexibility index (Phi) is 4.13. The quantitative estimate of drug-likeness (QED) is 0.714. The van der Waals surface area contributed by atoms with Gasteiger partial charge in [-0.2, -0.15) is 4.98 Å². The van der Waals surface area contributed by atoms with Gasteiger partial charge in [0, 0.05) is 37.7 Å². The van der Waals surface area contributed by atoms with Crippen molar-refractivity contribution in [1.29, 1.82) is 0 Å². The number of carbonyl (C=O) groups excluding carboxylic acids is 1. The van der Waals surface area contributed by atoms with E-state index in [0.29, 0.717) is 12.5 Å². The third kappa shape index (κ3) is 3.32. The number of hydrogen-bond acceptors (Lipinski definition) is 5. The van der Waals surface area contributed by atoms with E-state index in [-0.39, 0.29) is 5.91 Å². The fourth-order valence-corrected chi connectivity index (χ4v) is 3.72. The van der Waals surface area contributed by atoms with Crippen LogP contribution in [0.4, 0.5) is 0 Å². The van der Waals surface area contributed by atoms with Crippen molar-refractivity contribution in [2.24, 2.45) is 0 Å². The Morgan fingerprint density at radius 1 is 1.04 bits per heavy atom.